The predicted molar refractivity (Wildman–Crippen MR) is 165 cm³/mol. The Morgan fingerprint density at radius 1 is 1.12 bits per heavy atom. The first kappa shape index (κ1) is 29.2. The van der Waals surface area contributed by atoms with Crippen LogP contribution < -0.4 is 4.90 Å². The van der Waals surface area contributed by atoms with Crippen molar-refractivity contribution in [1.82, 2.24) is 19.4 Å². The molecule has 0 bridgehead atoms. The minimum absolute atomic E-state index is 0.0216. The van der Waals surface area contributed by atoms with Crippen molar-refractivity contribution in [3.8, 4) is 11.3 Å². The van der Waals surface area contributed by atoms with E-state index in [4.69, 9.17) is 32.9 Å². The standard InChI is InChI=1S/C32H41ClN6O2/c1-20-11-13-23(14-12-20)22(3)39-29-26(18-27(34-7)36-28(29)24-9-8-10-25(33)17-24)35-30(39)38-16-15-37(19-21(38)2)31(40)41-32(4,5)6/h8-10,17-18,20-23H,11-16,19H2,1-6H3/t20?,21-,22?,23?/m1/s1. The molecule has 3 heterocycles. The molecule has 218 valence electrons. The van der Waals surface area contributed by atoms with Gasteiger partial charge in [0.05, 0.1) is 5.52 Å². The summed E-state index contributed by atoms with van der Waals surface area (Å²) in [5.74, 6) is 2.44. The van der Waals surface area contributed by atoms with E-state index in [2.05, 4.69) is 35.1 Å². The molecule has 0 radical (unpaired) electrons. The van der Waals surface area contributed by atoms with Crippen LogP contribution >= 0.6 is 11.6 Å². The Morgan fingerprint density at radius 2 is 1.85 bits per heavy atom. The second kappa shape index (κ2) is 11.5. The SMILES string of the molecule is [C-]#[N+]c1cc2nc(N3CCN(C(=O)OC(C)(C)C)C[C@H]3C)n(C(C)C3CCC(C)CC3)c2c(-c2cccc(Cl)c2)n1. The number of benzene rings is 1. The molecule has 8 nitrogen and oxygen atoms in total. The highest BCUT2D eigenvalue weighted by molar-refractivity contribution is 6.30. The lowest BCUT2D eigenvalue weighted by Crippen LogP contribution is -2.55. The molecule has 5 rings (SSSR count). The average Bonchev–Trinajstić information content (AvgIpc) is 3.30. The van der Waals surface area contributed by atoms with E-state index in [9.17, 15) is 4.79 Å². The maximum atomic E-state index is 12.9. The van der Waals surface area contributed by atoms with E-state index in [1.54, 1.807) is 11.0 Å². The first-order chi connectivity index (χ1) is 19.4. The summed E-state index contributed by atoms with van der Waals surface area (Å²) < 4.78 is 8.03. The fourth-order valence-electron chi connectivity index (χ4n) is 6.30. The minimum Gasteiger partial charge on any atom is -0.444 e. The van der Waals surface area contributed by atoms with Crippen molar-refractivity contribution in [2.75, 3.05) is 24.5 Å². The van der Waals surface area contributed by atoms with Gasteiger partial charge in [-0.15, -0.1) is 4.98 Å². The third kappa shape index (κ3) is 6.16. The summed E-state index contributed by atoms with van der Waals surface area (Å²) in [6.45, 7) is 21.9. The third-order valence-corrected chi connectivity index (χ3v) is 8.77. The number of imidazole rings is 1. The smallest absolute Gasteiger partial charge is 0.410 e. The number of hydrogen-bond donors (Lipinski definition) is 0. The van der Waals surface area contributed by atoms with Gasteiger partial charge in [0.15, 0.2) is 5.69 Å². The van der Waals surface area contributed by atoms with Crippen molar-refractivity contribution in [3.05, 3.63) is 46.8 Å². The molecule has 2 atom stereocenters. The largest absolute Gasteiger partial charge is 0.444 e. The maximum Gasteiger partial charge on any atom is 0.410 e. The molecule has 1 saturated heterocycles. The Bertz CT molecular complexity index is 1460. The Balaban J connectivity index is 1.62. The Kier molecular flexibility index (Phi) is 8.20. The first-order valence-electron chi connectivity index (χ1n) is 14.8. The highest BCUT2D eigenvalue weighted by Crippen LogP contribution is 2.42. The molecular weight excluding hydrogens is 536 g/mol. The highest BCUT2D eigenvalue weighted by atomic mass is 35.5. The van der Waals surface area contributed by atoms with Gasteiger partial charge < -0.3 is 23.9 Å². The van der Waals surface area contributed by atoms with Crippen molar-refractivity contribution >= 4 is 40.5 Å². The molecule has 2 fully saturated rings. The number of fused-ring (bicyclic) bond motifs is 1. The second-order valence-electron chi connectivity index (χ2n) is 12.8. The molecule has 1 aromatic carbocycles. The van der Waals surface area contributed by atoms with Crippen molar-refractivity contribution in [1.29, 1.82) is 0 Å². The number of rotatable bonds is 4. The number of piperazine rings is 1. The Hall–Kier alpha value is -3.31. The van der Waals surface area contributed by atoms with Gasteiger partial charge in [0, 0.05) is 42.3 Å². The van der Waals surface area contributed by atoms with E-state index < -0.39 is 5.60 Å². The van der Waals surface area contributed by atoms with Gasteiger partial charge in [0.1, 0.15) is 11.1 Å². The van der Waals surface area contributed by atoms with Gasteiger partial charge in [0.25, 0.3) is 5.82 Å². The van der Waals surface area contributed by atoms with Crippen LogP contribution in [-0.4, -0.2) is 56.8 Å². The summed E-state index contributed by atoms with van der Waals surface area (Å²) in [6.07, 6.45) is 4.51. The summed E-state index contributed by atoms with van der Waals surface area (Å²) >= 11 is 6.42. The number of hydrogen-bond acceptors (Lipinski definition) is 5. The molecule has 1 saturated carbocycles. The number of anilines is 1. The Labute approximate surface area is 248 Å². The molecule has 3 aromatic rings. The molecule has 0 N–H and O–H groups in total. The van der Waals surface area contributed by atoms with E-state index in [1.807, 2.05) is 45.0 Å². The number of ether oxygens (including phenoxy) is 1. The predicted octanol–water partition coefficient (Wildman–Crippen LogP) is 8.14. The molecule has 1 aliphatic heterocycles. The van der Waals surface area contributed by atoms with Crippen LogP contribution in [-0.2, 0) is 4.74 Å². The zero-order valence-electron chi connectivity index (χ0n) is 25.0. The van der Waals surface area contributed by atoms with Gasteiger partial charge in [-0.05, 0) is 77.5 Å². The molecule has 9 heteroatoms. The fraction of sp³-hybridized carbons (Fsp3) is 0.562. The number of aromatic nitrogens is 3. The van der Waals surface area contributed by atoms with Crippen LogP contribution in [0.5, 0.6) is 0 Å². The molecule has 1 aliphatic carbocycles. The van der Waals surface area contributed by atoms with E-state index in [0.29, 0.717) is 36.4 Å². The Morgan fingerprint density at radius 3 is 2.49 bits per heavy atom. The van der Waals surface area contributed by atoms with E-state index >= 15 is 0 Å². The third-order valence-electron chi connectivity index (χ3n) is 8.53. The summed E-state index contributed by atoms with van der Waals surface area (Å²) in [7, 11) is 0. The van der Waals surface area contributed by atoms with Crippen LogP contribution in [0.25, 0.3) is 27.1 Å². The molecule has 2 aliphatic rings. The van der Waals surface area contributed by atoms with Crippen molar-refractivity contribution in [2.45, 2.75) is 84.9 Å². The molecule has 41 heavy (non-hydrogen) atoms. The number of pyridine rings is 1. The number of amides is 1. The van der Waals surface area contributed by atoms with E-state index in [1.165, 1.54) is 25.7 Å². The van der Waals surface area contributed by atoms with Gasteiger partial charge in [-0.25, -0.2) is 9.78 Å². The summed E-state index contributed by atoms with van der Waals surface area (Å²) in [6, 6.07) is 9.66. The molecule has 2 aromatic heterocycles. The van der Waals surface area contributed by atoms with Crippen LogP contribution in [0.15, 0.2) is 30.3 Å². The maximum absolute atomic E-state index is 12.9. The van der Waals surface area contributed by atoms with Gasteiger partial charge in [-0.3, -0.25) is 0 Å². The molecule has 1 amide bonds. The topological polar surface area (TPSA) is 67.8 Å². The lowest BCUT2D eigenvalue weighted by Gasteiger charge is -2.42. The number of carbonyl (C=O) groups excluding carboxylic acids is 1. The zero-order chi connectivity index (χ0) is 29.5. The molecule has 1 unspecified atom stereocenters. The quantitative estimate of drug-likeness (QED) is 0.293. The zero-order valence-corrected chi connectivity index (χ0v) is 25.8. The highest BCUT2D eigenvalue weighted by Gasteiger charge is 2.36. The van der Waals surface area contributed by atoms with Gasteiger partial charge in [-0.1, -0.05) is 50.1 Å². The lowest BCUT2D eigenvalue weighted by molar-refractivity contribution is 0.0217. The van der Waals surface area contributed by atoms with Crippen LogP contribution in [0.4, 0.5) is 16.6 Å². The van der Waals surface area contributed by atoms with Crippen molar-refractivity contribution < 1.29 is 9.53 Å². The summed E-state index contributed by atoms with van der Waals surface area (Å²) in [4.78, 5) is 30.7. The normalized spacial score (nSPS) is 22.4. The van der Waals surface area contributed by atoms with Gasteiger partial charge in [0.2, 0.25) is 5.95 Å². The summed E-state index contributed by atoms with van der Waals surface area (Å²) in [5, 5.41) is 0.623. The number of nitrogens with zero attached hydrogens (tertiary/aromatic N) is 6. The fourth-order valence-corrected chi connectivity index (χ4v) is 6.50. The van der Waals surface area contributed by atoms with E-state index in [-0.39, 0.29) is 18.2 Å². The van der Waals surface area contributed by atoms with Crippen LogP contribution in [0.2, 0.25) is 5.02 Å². The van der Waals surface area contributed by atoms with Crippen molar-refractivity contribution in [3.63, 3.8) is 0 Å². The number of carbonyl (C=O) groups is 1. The summed E-state index contributed by atoms with van der Waals surface area (Å²) in [5.41, 5.74) is 2.75. The average molecular weight is 577 g/mol. The van der Waals surface area contributed by atoms with Crippen LogP contribution in [0.1, 0.15) is 73.3 Å². The molecule has 0 spiro atoms. The minimum atomic E-state index is -0.539. The lowest BCUT2D eigenvalue weighted by atomic mass is 9.79. The second-order valence-corrected chi connectivity index (χ2v) is 13.3. The van der Waals surface area contributed by atoms with Crippen LogP contribution in [0.3, 0.4) is 0 Å². The van der Waals surface area contributed by atoms with Crippen LogP contribution in [0, 0.1) is 18.4 Å². The first-order valence-corrected chi connectivity index (χ1v) is 15.1. The monoisotopic (exact) mass is 576 g/mol. The van der Waals surface area contributed by atoms with Crippen molar-refractivity contribution in [2.24, 2.45) is 11.8 Å². The number of halogens is 1. The molecular formula is C32H41ClN6O2. The van der Waals surface area contributed by atoms with E-state index in [0.717, 1.165) is 34.2 Å². The van der Waals surface area contributed by atoms with Gasteiger partial charge >= 0.3 is 6.09 Å². The van der Waals surface area contributed by atoms with Gasteiger partial charge in [-0.2, -0.15) is 0 Å².